The van der Waals surface area contributed by atoms with Crippen molar-refractivity contribution in [1.29, 1.82) is 0 Å². The van der Waals surface area contributed by atoms with Crippen LogP contribution in [0.5, 0.6) is 0 Å². The van der Waals surface area contributed by atoms with E-state index in [0.717, 1.165) is 23.5 Å². The number of nitrogens with one attached hydrogen (secondary N) is 1. The maximum Gasteiger partial charge on any atom is 0.277 e. The van der Waals surface area contributed by atoms with E-state index in [4.69, 9.17) is 5.84 Å². The highest BCUT2D eigenvalue weighted by atomic mass is 32.1. The van der Waals surface area contributed by atoms with Crippen LogP contribution in [0.15, 0.2) is 30.3 Å². The van der Waals surface area contributed by atoms with Crippen LogP contribution in [0.3, 0.4) is 0 Å². The number of benzene rings is 1. The van der Waals surface area contributed by atoms with Crippen LogP contribution < -0.4 is 11.3 Å². The van der Waals surface area contributed by atoms with Crippen LogP contribution in [0.2, 0.25) is 0 Å². The lowest BCUT2D eigenvalue weighted by atomic mass is 10.2. The Labute approximate surface area is 110 Å². The average molecular weight is 261 g/mol. The fraction of sp³-hybridized carbons (Fsp3) is 0.231. The third-order valence-electron chi connectivity index (χ3n) is 2.61. The van der Waals surface area contributed by atoms with Gasteiger partial charge in [-0.25, -0.2) is 10.8 Å². The van der Waals surface area contributed by atoms with E-state index in [1.54, 1.807) is 0 Å². The molecule has 0 aliphatic carbocycles. The summed E-state index contributed by atoms with van der Waals surface area (Å²) in [4.78, 5) is 16.7. The molecular formula is C13H15N3OS. The van der Waals surface area contributed by atoms with E-state index in [-0.39, 0.29) is 5.91 Å². The molecule has 0 radical (unpaired) electrons. The minimum atomic E-state index is -0.260. The van der Waals surface area contributed by atoms with Gasteiger partial charge in [-0.3, -0.25) is 10.2 Å². The van der Waals surface area contributed by atoms with E-state index in [1.807, 2.05) is 25.1 Å². The van der Waals surface area contributed by atoms with Gasteiger partial charge < -0.3 is 0 Å². The number of carbonyl (C=O) groups excluding carboxylic acids is 1. The molecule has 0 saturated carbocycles. The first kappa shape index (κ1) is 12.7. The van der Waals surface area contributed by atoms with Crippen LogP contribution in [0.25, 0.3) is 0 Å². The molecule has 3 N–H and O–H groups in total. The summed E-state index contributed by atoms with van der Waals surface area (Å²) in [6, 6.07) is 10.1. The molecule has 0 aliphatic heterocycles. The molecule has 0 atom stereocenters. The van der Waals surface area contributed by atoms with Crippen LogP contribution in [-0.2, 0) is 12.8 Å². The van der Waals surface area contributed by atoms with Gasteiger partial charge >= 0.3 is 0 Å². The van der Waals surface area contributed by atoms with Crippen LogP contribution in [0.1, 0.15) is 32.9 Å². The first-order valence-electron chi connectivity index (χ1n) is 5.78. The lowest BCUT2D eigenvalue weighted by Gasteiger charge is -1.96. The predicted molar refractivity (Wildman–Crippen MR) is 72.4 cm³/mol. The molecule has 2 aromatic rings. The van der Waals surface area contributed by atoms with Gasteiger partial charge in [0, 0.05) is 6.42 Å². The maximum absolute atomic E-state index is 11.6. The van der Waals surface area contributed by atoms with E-state index in [1.165, 1.54) is 16.9 Å². The monoisotopic (exact) mass is 261 g/mol. The molecule has 2 rings (SSSR count). The minimum Gasteiger partial charge on any atom is -0.289 e. The zero-order valence-electron chi connectivity index (χ0n) is 10.1. The van der Waals surface area contributed by atoms with Gasteiger partial charge in [0.25, 0.3) is 5.91 Å². The molecule has 5 heteroatoms. The van der Waals surface area contributed by atoms with Crippen molar-refractivity contribution in [3.05, 3.63) is 51.5 Å². The summed E-state index contributed by atoms with van der Waals surface area (Å²) in [7, 11) is 0. The van der Waals surface area contributed by atoms with Crippen molar-refractivity contribution in [3.63, 3.8) is 0 Å². The van der Waals surface area contributed by atoms with E-state index in [0.29, 0.717) is 4.88 Å². The predicted octanol–water partition coefficient (Wildman–Crippen LogP) is 1.90. The Bertz CT molecular complexity index is 536. The Hall–Kier alpha value is -1.72. The number of rotatable bonds is 4. The molecular weight excluding hydrogens is 246 g/mol. The number of carbonyl (C=O) groups is 1. The van der Waals surface area contributed by atoms with Crippen molar-refractivity contribution in [3.8, 4) is 0 Å². The lowest BCUT2D eigenvalue weighted by Crippen LogP contribution is -2.30. The Morgan fingerprint density at radius 1 is 1.39 bits per heavy atom. The van der Waals surface area contributed by atoms with Crippen LogP contribution in [0, 0.1) is 0 Å². The summed E-state index contributed by atoms with van der Waals surface area (Å²) >= 11 is 1.41. The normalized spacial score (nSPS) is 10.3. The molecule has 0 aliphatic rings. The summed E-state index contributed by atoms with van der Waals surface area (Å²) < 4.78 is 0. The average Bonchev–Trinajstić information content (AvgIpc) is 2.82. The fourth-order valence-electron chi connectivity index (χ4n) is 1.73. The van der Waals surface area contributed by atoms with Gasteiger partial charge in [-0.05, 0) is 12.0 Å². The first-order valence-corrected chi connectivity index (χ1v) is 6.59. The fourth-order valence-corrected chi connectivity index (χ4v) is 2.82. The summed E-state index contributed by atoms with van der Waals surface area (Å²) in [5.41, 5.74) is 4.17. The van der Waals surface area contributed by atoms with Crippen molar-refractivity contribution in [2.75, 3.05) is 0 Å². The van der Waals surface area contributed by atoms with Crippen molar-refractivity contribution < 1.29 is 4.79 Å². The molecule has 1 aromatic heterocycles. The molecule has 1 aromatic carbocycles. The summed E-state index contributed by atoms with van der Waals surface area (Å²) in [5.74, 6) is 4.91. The van der Waals surface area contributed by atoms with Gasteiger partial charge in [0.2, 0.25) is 0 Å². The van der Waals surface area contributed by atoms with Crippen LogP contribution >= 0.6 is 11.3 Å². The number of hydrazine groups is 1. The maximum atomic E-state index is 11.6. The molecule has 0 saturated heterocycles. The van der Waals surface area contributed by atoms with Gasteiger partial charge in [0.05, 0.1) is 10.7 Å². The molecule has 0 unspecified atom stereocenters. The molecule has 0 fully saturated rings. The van der Waals surface area contributed by atoms with Gasteiger partial charge in [-0.15, -0.1) is 11.3 Å². The largest absolute Gasteiger partial charge is 0.289 e. The van der Waals surface area contributed by atoms with E-state index >= 15 is 0 Å². The standard InChI is InChI=1S/C13H15N3OS/c1-2-10-12(13(17)16-14)18-11(15-10)8-9-6-4-3-5-7-9/h3-7H,2,8,14H2,1H3,(H,16,17). The number of hydrogen-bond acceptors (Lipinski definition) is 4. The number of nitrogens with zero attached hydrogens (tertiary/aromatic N) is 1. The van der Waals surface area contributed by atoms with Gasteiger partial charge in [-0.1, -0.05) is 37.3 Å². The second kappa shape index (κ2) is 5.75. The molecule has 0 bridgehead atoms. The van der Waals surface area contributed by atoms with Crippen molar-refractivity contribution in [2.24, 2.45) is 5.84 Å². The zero-order chi connectivity index (χ0) is 13.0. The molecule has 18 heavy (non-hydrogen) atoms. The van der Waals surface area contributed by atoms with Crippen molar-refractivity contribution >= 4 is 17.2 Å². The highest BCUT2D eigenvalue weighted by molar-refractivity contribution is 7.13. The highest BCUT2D eigenvalue weighted by Crippen LogP contribution is 2.21. The highest BCUT2D eigenvalue weighted by Gasteiger charge is 2.15. The number of amides is 1. The molecule has 4 nitrogen and oxygen atoms in total. The number of hydrogen-bond donors (Lipinski definition) is 2. The summed E-state index contributed by atoms with van der Waals surface area (Å²) in [6.07, 6.45) is 1.48. The summed E-state index contributed by atoms with van der Waals surface area (Å²) in [6.45, 7) is 1.98. The number of nitrogens with two attached hydrogens (primary N) is 1. The van der Waals surface area contributed by atoms with Gasteiger partial charge in [0.15, 0.2) is 0 Å². The van der Waals surface area contributed by atoms with E-state index in [2.05, 4.69) is 22.5 Å². The van der Waals surface area contributed by atoms with Gasteiger partial charge in [-0.2, -0.15) is 0 Å². The van der Waals surface area contributed by atoms with E-state index < -0.39 is 0 Å². The topological polar surface area (TPSA) is 68.0 Å². The molecule has 94 valence electrons. The Morgan fingerprint density at radius 3 is 2.72 bits per heavy atom. The van der Waals surface area contributed by atoms with Crippen molar-refractivity contribution in [1.82, 2.24) is 10.4 Å². The number of aryl methyl sites for hydroxylation is 1. The smallest absolute Gasteiger partial charge is 0.277 e. The van der Waals surface area contributed by atoms with Crippen LogP contribution in [0.4, 0.5) is 0 Å². The zero-order valence-corrected chi connectivity index (χ0v) is 11.0. The lowest BCUT2D eigenvalue weighted by molar-refractivity contribution is 0.0956. The van der Waals surface area contributed by atoms with Crippen molar-refractivity contribution in [2.45, 2.75) is 19.8 Å². The first-order chi connectivity index (χ1) is 8.74. The van der Waals surface area contributed by atoms with Crippen LogP contribution in [-0.4, -0.2) is 10.9 Å². The number of aromatic nitrogens is 1. The summed E-state index contributed by atoms with van der Waals surface area (Å²) in [5, 5.41) is 0.941. The molecule has 1 heterocycles. The molecule has 1 amide bonds. The third-order valence-corrected chi connectivity index (χ3v) is 3.71. The second-order valence-electron chi connectivity index (χ2n) is 3.87. The quantitative estimate of drug-likeness (QED) is 0.502. The Balaban J connectivity index is 2.25. The number of thiazole rings is 1. The third kappa shape index (κ3) is 2.75. The minimum absolute atomic E-state index is 0.260. The van der Waals surface area contributed by atoms with Gasteiger partial charge in [0.1, 0.15) is 4.88 Å². The Morgan fingerprint density at radius 2 is 2.11 bits per heavy atom. The molecule has 0 spiro atoms. The SMILES string of the molecule is CCc1nc(Cc2ccccc2)sc1C(=O)NN. The Kier molecular flexibility index (Phi) is 4.07. The second-order valence-corrected chi connectivity index (χ2v) is 4.96. The van der Waals surface area contributed by atoms with E-state index in [9.17, 15) is 4.79 Å². The number of nitrogen functional groups attached to an aromatic ring is 1.